The van der Waals surface area contributed by atoms with E-state index in [9.17, 15) is 4.79 Å². The van der Waals surface area contributed by atoms with Crippen molar-refractivity contribution in [3.63, 3.8) is 0 Å². The summed E-state index contributed by atoms with van der Waals surface area (Å²) in [5.41, 5.74) is 1.33. The molecule has 0 radical (unpaired) electrons. The van der Waals surface area contributed by atoms with E-state index in [4.69, 9.17) is 0 Å². The van der Waals surface area contributed by atoms with E-state index < -0.39 is 0 Å². The van der Waals surface area contributed by atoms with Crippen molar-refractivity contribution < 1.29 is 4.79 Å². The van der Waals surface area contributed by atoms with Gasteiger partial charge in [0, 0.05) is 13.1 Å². The van der Waals surface area contributed by atoms with Gasteiger partial charge in [-0.25, -0.2) is 4.79 Å². The zero-order chi connectivity index (χ0) is 14.0. The first kappa shape index (κ1) is 14.9. The van der Waals surface area contributed by atoms with Crippen molar-refractivity contribution in [3.05, 3.63) is 35.9 Å². The van der Waals surface area contributed by atoms with Crippen LogP contribution < -0.4 is 10.6 Å². The average Bonchev–Trinajstić information content (AvgIpc) is 2.98. The molecule has 20 heavy (non-hydrogen) atoms. The molecule has 0 atom stereocenters. The molecule has 3 heteroatoms. The third-order valence-corrected chi connectivity index (χ3v) is 4.08. The van der Waals surface area contributed by atoms with Crippen molar-refractivity contribution in [2.45, 2.75) is 44.9 Å². The van der Waals surface area contributed by atoms with Crippen LogP contribution in [0.4, 0.5) is 4.79 Å². The zero-order valence-electron chi connectivity index (χ0n) is 12.2. The van der Waals surface area contributed by atoms with Crippen molar-refractivity contribution in [3.8, 4) is 0 Å². The summed E-state index contributed by atoms with van der Waals surface area (Å²) in [7, 11) is 0. The van der Waals surface area contributed by atoms with Gasteiger partial charge in [0.2, 0.25) is 0 Å². The van der Waals surface area contributed by atoms with Gasteiger partial charge in [-0.1, -0.05) is 56.0 Å². The summed E-state index contributed by atoms with van der Waals surface area (Å²) >= 11 is 0. The maximum absolute atomic E-state index is 11.6. The Morgan fingerprint density at radius 2 is 1.75 bits per heavy atom. The van der Waals surface area contributed by atoms with Gasteiger partial charge in [0.25, 0.3) is 0 Å². The maximum Gasteiger partial charge on any atom is 0.314 e. The third kappa shape index (κ3) is 5.64. The second kappa shape index (κ2) is 8.62. The second-order valence-corrected chi connectivity index (χ2v) is 5.71. The first-order valence-corrected chi connectivity index (χ1v) is 7.90. The molecular formula is C17H26N2O. The monoisotopic (exact) mass is 274 g/mol. The lowest BCUT2D eigenvalue weighted by atomic mass is 10.0. The van der Waals surface area contributed by atoms with E-state index in [0.29, 0.717) is 0 Å². The number of aryl methyl sites for hydroxylation is 1. The molecule has 1 aliphatic rings. The number of amides is 2. The molecule has 0 aromatic heterocycles. The Hall–Kier alpha value is -1.51. The molecule has 0 spiro atoms. The molecule has 110 valence electrons. The largest absolute Gasteiger partial charge is 0.338 e. The Morgan fingerprint density at radius 1 is 1.05 bits per heavy atom. The number of hydrogen-bond acceptors (Lipinski definition) is 1. The topological polar surface area (TPSA) is 41.1 Å². The number of rotatable bonds is 7. The highest BCUT2D eigenvalue weighted by Gasteiger charge is 2.14. The summed E-state index contributed by atoms with van der Waals surface area (Å²) in [6.07, 6.45) is 8.58. The van der Waals surface area contributed by atoms with Crippen LogP contribution in [0.1, 0.15) is 44.1 Å². The molecular weight excluding hydrogens is 248 g/mol. The molecule has 1 saturated carbocycles. The number of carbonyl (C=O) groups excluding carboxylic acids is 1. The van der Waals surface area contributed by atoms with Crippen molar-refractivity contribution in [1.82, 2.24) is 10.6 Å². The molecule has 0 bridgehead atoms. The minimum atomic E-state index is -0.0175. The molecule has 3 nitrogen and oxygen atoms in total. The predicted octanol–water partition coefficient (Wildman–Crippen LogP) is 3.50. The van der Waals surface area contributed by atoms with Crippen LogP contribution in [0.5, 0.6) is 0 Å². The van der Waals surface area contributed by atoms with E-state index in [-0.39, 0.29) is 6.03 Å². The first-order valence-electron chi connectivity index (χ1n) is 7.90. The fourth-order valence-electron chi connectivity index (χ4n) is 2.89. The van der Waals surface area contributed by atoms with Crippen molar-refractivity contribution in [1.29, 1.82) is 0 Å². The maximum atomic E-state index is 11.6. The van der Waals surface area contributed by atoms with Gasteiger partial charge in [0.05, 0.1) is 0 Å². The van der Waals surface area contributed by atoms with E-state index in [1.165, 1.54) is 31.2 Å². The quantitative estimate of drug-likeness (QED) is 0.734. The van der Waals surface area contributed by atoms with Crippen LogP contribution >= 0.6 is 0 Å². The standard InChI is InChI=1S/C17H26N2O/c20-17(19-14-12-16-9-4-5-10-16)18-13-6-11-15-7-2-1-3-8-15/h1-3,7-8,16H,4-6,9-14H2,(H2,18,19,20). The summed E-state index contributed by atoms with van der Waals surface area (Å²) in [5, 5.41) is 5.89. The number of hydrogen-bond donors (Lipinski definition) is 2. The summed E-state index contributed by atoms with van der Waals surface area (Å²) < 4.78 is 0. The zero-order valence-corrected chi connectivity index (χ0v) is 12.2. The Morgan fingerprint density at radius 3 is 2.50 bits per heavy atom. The Kier molecular flexibility index (Phi) is 6.42. The lowest BCUT2D eigenvalue weighted by Crippen LogP contribution is -2.37. The highest BCUT2D eigenvalue weighted by atomic mass is 16.2. The molecule has 0 aliphatic heterocycles. The van der Waals surface area contributed by atoms with Gasteiger partial charge >= 0.3 is 6.03 Å². The van der Waals surface area contributed by atoms with E-state index in [0.717, 1.165) is 38.3 Å². The molecule has 2 rings (SSSR count). The minimum absolute atomic E-state index is 0.0175. The average molecular weight is 274 g/mol. The summed E-state index contributed by atoms with van der Waals surface area (Å²) in [6.45, 7) is 1.55. The molecule has 0 unspecified atom stereocenters. The molecule has 1 fully saturated rings. The van der Waals surface area contributed by atoms with Crippen molar-refractivity contribution in [2.24, 2.45) is 5.92 Å². The lowest BCUT2D eigenvalue weighted by Gasteiger charge is -2.10. The lowest BCUT2D eigenvalue weighted by molar-refractivity contribution is 0.240. The molecule has 2 amide bonds. The molecule has 1 aromatic carbocycles. The Balaban J connectivity index is 1.47. The molecule has 1 aromatic rings. The Labute approximate surface area is 122 Å². The summed E-state index contributed by atoms with van der Waals surface area (Å²) in [5.74, 6) is 0.841. The van der Waals surface area contributed by atoms with Crippen LogP contribution in [0.3, 0.4) is 0 Å². The number of benzene rings is 1. The van der Waals surface area contributed by atoms with Crippen LogP contribution in [0, 0.1) is 5.92 Å². The van der Waals surface area contributed by atoms with Gasteiger partial charge in [-0.15, -0.1) is 0 Å². The van der Waals surface area contributed by atoms with E-state index in [2.05, 4.69) is 34.9 Å². The van der Waals surface area contributed by atoms with E-state index in [1.807, 2.05) is 6.07 Å². The first-order chi connectivity index (χ1) is 9.84. The number of nitrogens with one attached hydrogen (secondary N) is 2. The summed E-state index contributed by atoms with van der Waals surface area (Å²) in [4.78, 5) is 11.6. The fraction of sp³-hybridized carbons (Fsp3) is 0.588. The molecule has 1 aliphatic carbocycles. The van der Waals surface area contributed by atoms with Crippen molar-refractivity contribution >= 4 is 6.03 Å². The number of carbonyl (C=O) groups is 1. The van der Waals surface area contributed by atoms with E-state index >= 15 is 0 Å². The van der Waals surface area contributed by atoms with Gasteiger partial charge in [-0.2, -0.15) is 0 Å². The second-order valence-electron chi connectivity index (χ2n) is 5.71. The van der Waals surface area contributed by atoms with Gasteiger partial charge < -0.3 is 10.6 Å². The SMILES string of the molecule is O=C(NCCCc1ccccc1)NCCC1CCCC1. The Bertz CT molecular complexity index is 385. The highest BCUT2D eigenvalue weighted by Crippen LogP contribution is 2.26. The molecule has 2 N–H and O–H groups in total. The van der Waals surface area contributed by atoms with Gasteiger partial charge in [0.1, 0.15) is 0 Å². The van der Waals surface area contributed by atoms with Crippen LogP contribution in [-0.2, 0) is 6.42 Å². The smallest absolute Gasteiger partial charge is 0.314 e. The third-order valence-electron chi connectivity index (χ3n) is 4.08. The van der Waals surface area contributed by atoms with Gasteiger partial charge in [0.15, 0.2) is 0 Å². The summed E-state index contributed by atoms with van der Waals surface area (Å²) in [6, 6.07) is 10.4. The minimum Gasteiger partial charge on any atom is -0.338 e. The highest BCUT2D eigenvalue weighted by molar-refractivity contribution is 5.73. The van der Waals surface area contributed by atoms with Crippen LogP contribution in [-0.4, -0.2) is 19.1 Å². The fourth-order valence-corrected chi connectivity index (χ4v) is 2.89. The molecule has 0 heterocycles. The number of urea groups is 1. The van der Waals surface area contributed by atoms with Gasteiger partial charge in [-0.05, 0) is 30.7 Å². The normalized spacial score (nSPS) is 15.2. The molecule has 0 saturated heterocycles. The van der Waals surface area contributed by atoms with Crippen LogP contribution in [0.25, 0.3) is 0 Å². The van der Waals surface area contributed by atoms with Crippen molar-refractivity contribution in [2.75, 3.05) is 13.1 Å². The predicted molar refractivity (Wildman–Crippen MR) is 82.7 cm³/mol. The van der Waals surface area contributed by atoms with Gasteiger partial charge in [-0.3, -0.25) is 0 Å². The van der Waals surface area contributed by atoms with E-state index in [1.54, 1.807) is 0 Å². The van der Waals surface area contributed by atoms with Crippen LogP contribution in [0.15, 0.2) is 30.3 Å². The van der Waals surface area contributed by atoms with Crippen LogP contribution in [0.2, 0.25) is 0 Å².